The molecule has 28 heavy (non-hydrogen) atoms. The van der Waals surface area contributed by atoms with Crippen LogP contribution >= 0.6 is 0 Å². The van der Waals surface area contributed by atoms with Crippen LogP contribution in [0.3, 0.4) is 0 Å². The summed E-state index contributed by atoms with van der Waals surface area (Å²) in [7, 11) is -3.80. The van der Waals surface area contributed by atoms with Crippen molar-refractivity contribution in [3.63, 3.8) is 0 Å². The van der Waals surface area contributed by atoms with Crippen LogP contribution in [0.25, 0.3) is 0 Å². The minimum atomic E-state index is -3.80. The zero-order chi connectivity index (χ0) is 20.4. The quantitative estimate of drug-likeness (QED) is 0.733. The Morgan fingerprint density at radius 2 is 1.71 bits per heavy atom. The van der Waals surface area contributed by atoms with Crippen LogP contribution in [0.4, 0.5) is 10.1 Å². The first-order chi connectivity index (χ1) is 13.3. The van der Waals surface area contributed by atoms with Gasteiger partial charge in [0, 0.05) is 11.7 Å². The van der Waals surface area contributed by atoms with Crippen LogP contribution in [-0.2, 0) is 20.2 Å². The SMILES string of the molecule is CCC(C)NC(=O)C1(c2ccc(NS(=O)(=O)c3ccc(F)cc3)cc2)CCC1. The van der Waals surface area contributed by atoms with Crippen molar-refractivity contribution in [1.82, 2.24) is 5.32 Å². The molecule has 0 saturated heterocycles. The predicted octanol–water partition coefficient (Wildman–Crippen LogP) is 3.96. The zero-order valence-electron chi connectivity index (χ0n) is 16.0. The minimum Gasteiger partial charge on any atom is -0.353 e. The van der Waals surface area contributed by atoms with Crippen LogP contribution in [0.5, 0.6) is 0 Å². The van der Waals surface area contributed by atoms with E-state index in [-0.39, 0.29) is 16.8 Å². The maximum atomic E-state index is 13.0. The van der Waals surface area contributed by atoms with E-state index in [1.807, 2.05) is 13.8 Å². The van der Waals surface area contributed by atoms with E-state index < -0.39 is 21.3 Å². The van der Waals surface area contributed by atoms with Gasteiger partial charge in [0.25, 0.3) is 10.0 Å². The molecule has 1 atom stereocenters. The van der Waals surface area contributed by atoms with E-state index in [1.165, 1.54) is 12.1 Å². The minimum absolute atomic E-state index is 0.0126. The molecule has 1 fully saturated rings. The maximum Gasteiger partial charge on any atom is 0.261 e. The van der Waals surface area contributed by atoms with E-state index in [0.717, 1.165) is 43.4 Å². The monoisotopic (exact) mass is 404 g/mol. The van der Waals surface area contributed by atoms with Gasteiger partial charge in [0.15, 0.2) is 0 Å². The van der Waals surface area contributed by atoms with E-state index >= 15 is 0 Å². The molecule has 1 aliphatic carbocycles. The molecule has 2 aromatic carbocycles. The van der Waals surface area contributed by atoms with E-state index in [2.05, 4.69) is 10.0 Å². The molecule has 0 heterocycles. The number of amides is 1. The molecule has 0 aromatic heterocycles. The van der Waals surface area contributed by atoms with Gasteiger partial charge in [-0.05, 0) is 68.1 Å². The van der Waals surface area contributed by atoms with Gasteiger partial charge in [0.05, 0.1) is 10.3 Å². The number of nitrogens with one attached hydrogen (secondary N) is 2. The zero-order valence-corrected chi connectivity index (χ0v) is 16.9. The summed E-state index contributed by atoms with van der Waals surface area (Å²) in [5.41, 5.74) is 0.756. The molecule has 1 aliphatic rings. The van der Waals surface area contributed by atoms with Crippen molar-refractivity contribution in [2.24, 2.45) is 0 Å². The molecule has 7 heteroatoms. The third-order valence-corrected chi connectivity index (χ3v) is 6.84. The molecule has 1 saturated carbocycles. The summed E-state index contributed by atoms with van der Waals surface area (Å²) in [4.78, 5) is 12.8. The Balaban J connectivity index is 1.77. The molecule has 3 rings (SSSR count). The second kappa shape index (κ2) is 7.91. The van der Waals surface area contributed by atoms with Crippen molar-refractivity contribution >= 4 is 21.6 Å². The molecular weight excluding hydrogens is 379 g/mol. The molecule has 0 spiro atoms. The number of carbonyl (C=O) groups excluding carboxylic acids is 1. The second-order valence-electron chi connectivity index (χ2n) is 7.36. The second-order valence-corrected chi connectivity index (χ2v) is 9.04. The molecule has 0 aliphatic heterocycles. The van der Waals surface area contributed by atoms with Gasteiger partial charge in [-0.1, -0.05) is 25.5 Å². The summed E-state index contributed by atoms with van der Waals surface area (Å²) in [5.74, 6) is -0.461. The highest BCUT2D eigenvalue weighted by molar-refractivity contribution is 7.92. The van der Waals surface area contributed by atoms with Gasteiger partial charge in [0.2, 0.25) is 5.91 Å². The van der Waals surface area contributed by atoms with Crippen molar-refractivity contribution in [3.05, 3.63) is 59.9 Å². The van der Waals surface area contributed by atoms with Gasteiger partial charge in [-0.15, -0.1) is 0 Å². The normalized spacial score (nSPS) is 16.7. The summed E-state index contributed by atoms with van der Waals surface area (Å²) < 4.78 is 40.4. The Labute approximate surface area is 165 Å². The van der Waals surface area contributed by atoms with Crippen LogP contribution in [0.1, 0.15) is 45.1 Å². The van der Waals surface area contributed by atoms with Gasteiger partial charge in [-0.3, -0.25) is 9.52 Å². The third-order valence-electron chi connectivity index (χ3n) is 5.45. The first-order valence-electron chi connectivity index (χ1n) is 9.47. The van der Waals surface area contributed by atoms with Gasteiger partial charge in [-0.25, -0.2) is 12.8 Å². The molecule has 1 amide bonds. The fourth-order valence-corrected chi connectivity index (χ4v) is 4.38. The number of hydrogen-bond donors (Lipinski definition) is 2. The Hall–Kier alpha value is -2.41. The predicted molar refractivity (Wildman–Crippen MR) is 107 cm³/mol. The lowest BCUT2D eigenvalue weighted by molar-refractivity contribution is -0.130. The average Bonchev–Trinajstić information content (AvgIpc) is 2.62. The molecule has 150 valence electrons. The molecule has 0 bridgehead atoms. The van der Waals surface area contributed by atoms with Crippen LogP contribution < -0.4 is 10.0 Å². The topological polar surface area (TPSA) is 75.3 Å². The number of halogens is 1. The highest BCUT2D eigenvalue weighted by Crippen LogP contribution is 2.44. The van der Waals surface area contributed by atoms with Crippen molar-refractivity contribution in [3.8, 4) is 0 Å². The summed E-state index contributed by atoms with van der Waals surface area (Å²) in [6.07, 6.45) is 3.44. The lowest BCUT2D eigenvalue weighted by Crippen LogP contribution is -2.51. The molecule has 2 aromatic rings. The fraction of sp³-hybridized carbons (Fsp3) is 0.381. The van der Waals surface area contributed by atoms with E-state index in [4.69, 9.17) is 0 Å². The molecular formula is C21H25FN2O3S. The van der Waals surface area contributed by atoms with Crippen molar-refractivity contribution in [1.29, 1.82) is 0 Å². The smallest absolute Gasteiger partial charge is 0.261 e. The lowest BCUT2D eigenvalue weighted by Gasteiger charge is -2.41. The van der Waals surface area contributed by atoms with E-state index in [1.54, 1.807) is 24.3 Å². The molecule has 2 N–H and O–H groups in total. The van der Waals surface area contributed by atoms with E-state index in [0.29, 0.717) is 5.69 Å². The summed E-state index contributed by atoms with van der Waals surface area (Å²) in [5, 5.41) is 3.07. The van der Waals surface area contributed by atoms with Gasteiger partial charge < -0.3 is 5.32 Å². The van der Waals surface area contributed by atoms with Crippen molar-refractivity contribution in [2.45, 2.75) is 55.9 Å². The largest absolute Gasteiger partial charge is 0.353 e. The molecule has 1 unspecified atom stereocenters. The van der Waals surface area contributed by atoms with Gasteiger partial charge in [0.1, 0.15) is 5.82 Å². The summed E-state index contributed by atoms with van der Waals surface area (Å²) in [6.45, 7) is 4.01. The molecule has 0 radical (unpaired) electrons. The highest BCUT2D eigenvalue weighted by atomic mass is 32.2. The third kappa shape index (κ3) is 4.04. The Kier molecular flexibility index (Phi) is 5.74. The van der Waals surface area contributed by atoms with Gasteiger partial charge in [-0.2, -0.15) is 0 Å². The first-order valence-corrected chi connectivity index (χ1v) is 10.9. The Morgan fingerprint density at radius 3 is 2.21 bits per heavy atom. The maximum absolute atomic E-state index is 13.0. The number of benzene rings is 2. The van der Waals surface area contributed by atoms with Gasteiger partial charge >= 0.3 is 0 Å². The van der Waals surface area contributed by atoms with E-state index in [9.17, 15) is 17.6 Å². The number of carbonyl (C=O) groups is 1. The van der Waals surface area contributed by atoms with Crippen LogP contribution in [0.2, 0.25) is 0 Å². The number of rotatable bonds is 7. The summed E-state index contributed by atoms with van der Waals surface area (Å²) in [6, 6.07) is 11.7. The van der Waals surface area contributed by atoms with Crippen LogP contribution in [-0.4, -0.2) is 20.4 Å². The fourth-order valence-electron chi connectivity index (χ4n) is 3.33. The number of hydrogen-bond acceptors (Lipinski definition) is 3. The summed E-state index contributed by atoms with van der Waals surface area (Å²) >= 11 is 0. The lowest BCUT2D eigenvalue weighted by atomic mass is 9.63. The molecule has 5 nitrogen and oxygen atoms in total. The average molecular weight is 405 g/mol. The van der Waals surface area contributed by atoms with Crippen molar-refractivity contribution < 1.29 is 17.6 Å². The highest BCUT2D eigenvalue weighted by Gasteiger charge is 2.45. The number of anilines is 1. The Morgan fingerprint density at radius 1 is 1.11 bits per heavy atom. The van der Waals surface area contributed by atoms with Crippen molar-refractivity contribution in [2.75, 3.05) is 4.72 Å². The van der Waals surface area contributed by atoms with Crippen LogP contribution in [0.15, 0.2) is 53.4 Å². The van der Waals surface area contributed by atoms with Crippen LogP contribution in [0, 0.1) is 5.82 Å². The first kappa shape index (κ1) is 20.3. The Bertz CT molecular complexity index is 937. The number of sulfonamides is 1. The standard InChI is InChI=1S/C21H25FN2O3S/c1-3-15(2)23-20(25)21(13-4-14-21)16-5-9-18(10-6-16)24-28(26,27)19-11-7-17(22)8-12-19/h5-12,15,24H,3-4,13-14H2,1-2H3,(H,23,25).